The first-order chi connectivity index (χ1) is 6.59. The normalized spacial score (nSPS) is 19.7. The summed E-state index contributed by atoms with van der Waals surface area (Å²) < 4.78 is 1.86. The van der Waals surface area contributed by atoms with E-state index < -0.39 is 5.97 Å². The van der Waals surface area contributed by atoms with Crippen molar-refractivity contribution in [2.75, 3.05) is 0 Å². The molecule has 0 radical (unpaired) electrons. The first kappa shape index (κ1) is 9.59. The van der Waals surface area contributed by atoms with E-state index in [9.17, 15) is 4.79 Å². The Morgan fingerprint density at radius 3 is 3.14 bits per heavy atom. The van der Waals surface area contributed by atoms with Crippen LogP contribution < -0.4 is 0 Å². The third-order valence-corrected chi connectivity index (χ3v) is 3.34. The first-order valence-corrected chi connectivity index (χ1v) is 5.02. The van der Waals surface area contributed by atoms with Gasteiger partial charge in [0.05, 0.1) is 6.42 Å². The SMILES string of the molecule is Cn1cc2c(c1Cl)CCC2CC(=O)O. The predicted molar refractivity (Wildman–Crippen MR) is 53.7 cm³/mol. The van der Waals surface area contributed by atoms with Crippen LogP contribution in [0.15, 0.2) is 6.20 Å². The van der Waals surface area contributed by atoms with Crippen molar-refractivity contribution in [2.24, 2.45) is 7.05 Å². The van der Waals surface area contributed by atoms with Crippen molar-refractivity contribution in [1.29, 1.82) is 0 Å². The zero-order valence-electron chi connectivity index (χ0n) is 7.96. The first-order valence-electron chi connectivity index (χ1n) is 4.65. The summed E-state index contributed by atoms with van der Waals surface area (Å²) >= 11 is 6.07. The molecule has 1 N–H and O–H groups in total. The van der Waals surface area contributed by atoms with Gasteiger partial charge in [0.2, 0.25) is 0 Å². The van der Waals surface area contributed by atoms with Crippen LogP contribution >= 0.6 is 11.6 Å². The highest BCUT2D eigenvalue weighted by atomic mass is 35.5. The Bertz CT molecular complexity index is 384. The number of carbonyl (C=O) groups is 1. The largest absolute Gasteiger partial charge is 0.481 e. The maximum absolute atomic E-state index is 10.6. The summed E-state index contributed by atoms with van der Waals surface area (Å²) in [4.78, 5) is 10.6. The third kappa shape index (κ3) is 1.42. The molecule has 1 aromatic heterocycles. The van der Waals surface area contributed by atoms with Crippen molar-refractivity contribution in [2.45, 2.75) is 25.2 Å². The summed E-state index contributed by atoms with van der Waals surface area (Å²) in [6.45, 7) is 0. The van der Waals surface area contributed by atoms with Crippen LogP contribution in [-0.2, 0) is 18.3 Å². The second-order valence-electron chi connectivity index (χ2n) is 3.80. The number of aryl methyl sites for hydroxylation is 1. The molecule has 0 saturated carbocycles. The summed E-state index contributed by atoms with van der Waals surface area (Å²) in [5.74, 6) is -0.580. The Hall–Kier alpha value is -0.960. The molecule has 14 heavy (non-hydrogen) atoms. The standard InChI is InChI=1S/C10H12ClNO2/c1-12-5-8-6(4-9(13)14)2-3-7(8)10(12)11/h5-6H,2-4H2,1H3,(H,13,14). The quantitative estimate of drug-likeness (QED) is 0.818. The van der Waals surface area contributed by atoms with Crippen molar-refractivity contribution >= 4 is 17.6 Å². The fourth-order valence-electron chi connectivity index (χ4n) is 2.17. The number of rotatable bonds is 2. The molecule has 76 valence electrons. The number of carboxylic acid groups (broad SMARTS) is 1. The monoisotopic (exact) mass is 213 g/mol. The van der Waals surface area contributed by atoms with E-state index in [2.05, 4.69) is 0 Å². The summed E-state index contributed by atoms with van der Waals surface area (Å²) in [6.07, 6.45) is 4.00. The van der Waals surface area contributed by atoms with E-state index in [1.54, 1.807) is 0 Å². The Morgan fingerprint density at radius 2 is 2.50 bits per heavy atom. The van der Waals surface area contributed by atoms with Crippen LogP contribution in [0.5, 0.6) is 0 Å². The van der Waals surface area contributed by atoms with Gasteiger partial charge in [-0.2, -0.15) is 0 Å². The molecule has 0 spiro atoms. The van der Waals surface area contributed by atoms with E-state index in [-0.39, 0.29) is 12.3 Å². The van der Waals surface area contributed by atoms with E-state index in [0.717, 1.165) is 29.1 Å². The number of hydrogen-bond donors (Lipinski definition) is 1. The molecule has 1 unspecified atom stereocenters. The second-order valence-corrected chi connectivity index (χ2v) is 4.16. The molecule has 0 aromatic carbocycles. The number of hydrogen-bond acceptors (Lipinski definition) is 1. The summed E-state index contributed by atoms with van der Waals surface area (Å²) in [7, 11) is 1.89. The van der Waals surface area contributed by atoms with Crippen LogP contribution in [0, 0.1) is 0 Å². The number of nitrogens with zero attached hydrogens (tertiary/aromatic N) is 1. The minimum absolute atomic E-state index is 0.154. The van der Waals surface area contributed by atoms with Crippen molar-refractivity contribution in [1.82, 2.24) is 4.57 Å². The Kier molecular flexibility index (Phi) is 2.27. The summed E-state index contributed by atoms with van der Waals surface area (Å²) in [5, 5.41) is 9.49. The molecule has 2 rings (SSSR count). The molecular weight excluding hydrogens is 202 g/mol. The van der Waals surface area contributed by atoms with Gasteiger partial charge in [0.25, 0.3) is 0 Å². The topological polar surface area (TPSA) is 42.2 Å². The van der Waals surface area contributed by atoms with E-state index in [4.69, 9.17) is 16.7 Å². The maximum atomic E-state index is 10.6. The molecule has 1 aromatic rings. The molecule has 0 aliphatic heterocycles. The van der Waals surface area contributed by atoms with E-state index in [1.807, 2.05) is 17.8 Å². The zero-order chi connectivity index (χ0) is 10.3. The number of fused-ring (bicyclic) bond motifs is 1. The highest BCUT2D eigenvalue weighted by molar-refractivity contribution is 6.30. The minimum atomic E-state index is -0.733. The van der Waals surface area contributed by atoms with E-state index in [0.29, 0.717) is 0 Å². The lowest BCUT2D eigenvalue weighted by molar-refractivity contribution is -0.137. The summed E-state index contributed by atoms with van der Waals surface area (Å²) in [5.41, 5.74) is 2.26. The molecule has 1 aliphatic rings. The van der Waals surface area contributed by atoms with Gasteiger partial charge >= 0.3 is 5.97 Å². The van der Waals surface area contributed by atoms with Crippen LogP contribution in [0.3, 0.4) is 0 Å². The predicted octanol–water partition coefficient (Wildman–Crippen LogP) is 2.18. The van der Waals surface area contributed by atoms with Crippen LogP contribution in [0.4, 0.5) is 0 Å². The van der Waals surface area contributed by atoms with Gasteiger partial charge in [-0.25, -0.2) is 0 Å². The van der Waals surface area contributed by atoms with Gasteiger partial charge < -0.3 is 9.67 Å². The van der Waals surface area contributed by atoms with Gasteiger partial charge in [-0.05, 0) is 29.9 Å². The highest BCUT2D eigenvalue weighted by Gasteiger charge is 2.28. The molecule has 4 heteroatoms. The Labute approximate surface area is 87.3 Å². The van der Waals surface area contributed by atoms with Crippen molar-refractivity contribution < 1.29 is 9.90 Å². The van der Waals surface area contributed by atoms with E-state index in [1.165, 1.54) is 0 Å². The number of halogens is 1. The van der Waals surface area contributed by atoms with Crippen LogP contribution in [-0.4, -0.2) is 15.6 Å². The number of aromatic nitrogens is 1. The van der Waals surface area contributed by atoms with Crippen molar-refractivity contribution in [3.63, 3.8) is 0 Å². The Balaban J connectivity index is 2.30. The average Bonchev–Trinajstić information content (AvgIpc) is 2.57. The highest BCUT2D eigenvalue weighted by Crippen LogP contribution is 2.39. The number of aliphatic carboxylic acids is 1. The molecule has 1 atom stereocenters. The van der Waals surface area contributed by atoms with Crippen LogP contribution in [0.2, 0.25) is 5.15 Å². The van der Waals surface area contributed by atoms with Gasteiger partial charge in [0.1, 0.15) is 5.15 Å². The molecule has 3 nitrogen and oxygen atoms in total. The molecule has 0 amide bonds. The molecule has 1 heterocycles. The molecule has 0 fully saturated rings. The number of carboxylic acids is 1. The molecule has 0 saturated heterocycles. The second kappa shape index (κ2) is 3.31. The lowest BCUT2D eigenvalue weighted by atomic mass is 10.0. The lowest BCUT2D eigenvalue weighted by Gasteiger charge is -2.05. The fourth-order valence-corrected chi connectivity index (χ4v) is 2.42. The Morgan fingerprint density at radius 1 is 1.79 bits per heavy atom. The minimum Gasteiger partial charge on any atom is -0.481 e. The maximum Gasteiger partial charge on any atom is 0.303 e. The van der Waals surface area contributed by atoms with Crippen LogP contribution in [0.1, 0.15) is 29.9 Å². The smallest absolute Gasteiger partial charge is 0.303 e. The summed E-state index contributed by atoms with van der Waals surface area (Å²) in [6, 6.07) is 0. The zero-order valence-corrected chi connectivity index (χ0v) is 8.71. The van der Waals surface area contributed by atoms with Crippen LogP contribution in [0.25, 0.3) is 0 Å². The lowest BCUT2D eigenvalue weighted by Crippen LogP contribution is -2.02. The van der Waals surface area contributed by atoms with Gasteiger partial charge in [-0.1, -0.05) is 11.6 Å². The van der Waals surface area contributed by atoms with Gasteiger partial charge in [0, 0.05) is 13.2 Å². The van der Waals surface area contributed by atoms with Gasteiger partial charge in [-0.15, -0.1) is 0 Å². The van der Waals surface area contributed by atoms with E-state index >= 15 is 0 Å². The fraction of sp³-hybridized carbons (Fsp3) is 0.500. The average molecular weight is 214 g/mol. The molecule has 1 aliphatic carbocycles. The van der Waals surface area contributed by atoms with Gasteiger partial charge in [0.15, 0.2) is 0 Å². The molecular formula is C10H12ClNO2. The van der Waals surface area contributed by atoms with Crippen molar-refractivity contribution in [3.05, 3.63) is 22.5 Å². The van der Waals surface area contributed by atoms with Crippen molar-refractivity contribution in [3.8, 4) is 0 Å². The third-order valence-electron chi connectivity index (χ3n) is 2.84. The molecule has 0 bridgehead atoms. The van der Waals surface area contributed by atoms with Gasteiger partial charge in [-0.3, -0.25) is 4.79 Å².